The molecule has 2 atom stereocenters. The number of sulfonamides is 1. The van der Waals surface area contributed by atoms with Crippen molar-refractivity contribution >= 4 is 26.0 Å². The van der Waals surface area contributed by atoms with Crippen LogP contribution in [-0.4, -0.2) is 14.5 Å². The fourth-order valence-electron chi connectivity index (χ4n) is 1.72. The minimum atomic E-state index is -3.33. The summed E-state index contributed by atoms with van der Waals surface area (Å²) in [4.78, 5) is 0.331. The summed E-state index contributed by atoms with van der Waals surface area (Å²) < 4.78 is 27.5. The Bertz CT molecular complexity index is 469. The maximum Gasteiger partial charge on any atom is 0.240 e. The van der Waals surface area contributed by atoms with Gasteiger partial charge in [0.2, 0.25) is 10.0 Å². The van der Waals surface area contributed by atoms with Crippen LogP contribution in [0.4, 0.5) is 0 Å². The van der Waals surface area contributed by atoms with E-state index in [0.717, 1.165) is 17.3 Å². The average molecular weight is 304 g/mol. The van der Waals surface area contributed by atoms with Gasteiger partial charge in [-0.05, 0) is 36.6 Å². The molecule has 0 aromatic heterocycles. The fourth-order valence-corrected chi connectivity index (χ4v) is 3.31. The van der Waals surface area contributed by atoms with E-state index in [1.165, 1.54) is 0 Å². The van der Waals surface area contributed by atoms with E-state index in [0.29, 0.717) is 10.8 Å². The van der Waals surface area contributed by atoms with Gasteiger partial charge < -0.3 is 0 Å². The highest BCUT2D eigenvalue weighted by molar-refractivity contribution is 9.10. The van der Waals surface area contributed by atoms with Crippen LogP contribution in [0, 0.1) is 5.92 Å². The van der Waals surface area contributed by atoms with Gasteiger partial charge in [0.25, 0.3) is 0 Å². The Balaban J connectivity index is 2.10. The molecule has 1 saturated carbocycles. The van der Waals surface area contributed by atoms with Gasteiger partial charge in [-0.1, -0.05) is 29.3 Å². The van der Waals surface area contributed by atoms with Gasteiger partial charge in [-0.25, -0.2) is 13.1 Å². The Hall–Kier alpha value is -0.390. The molecule has 2 rings (SSSR count). The van der Waals surface area contributed by atoms with Crippen molar-refractivity contribution in [3.05, 3.63) is 28.7 Å². The highest BCUT2D eigenvalue weighted by Gasteiger charge is 2.38. The van der Waals surface area contributed by atoms with Gasteiger partial charge in [0.05, 0.1) is 4.90 Å². The molecule has 3 nitrogen and oxygen atoms in total. The van der Waals surface area contributed by atoms with Crippen LogP contribution < -0.4 is 4.72 Å². The Labute approximate surface area is 104 Å². The summed E-state index contributed by atoms with van der Waals surface area (Å²) in [6.45, 7) is 2.08. The zero-order valence-electron chi connectivity index (χ0n) is 8.98. The van der Waals surface area contributed by atoms with Gasteiger partial charge in [-0.15, -0.1) is 0 Å². The van der Waals surface area contributed by atoms with Crippen LogP contribution in [0.25, 0.3) is 0 Å². The molecule has 2 unspecified atom stereocenters. The van der Waals surface area contributed by atoms with E-state index < -0.39 is 10.0 Å². The molecule has 1 aromatic rings. The lowest BCUT2D eigenvalue weighted by Gasteiger charge is -2.05. The standard InChI is InChI=1S/C11H14BrNO2S/c1-2-8-7-11(8)13-16(14,15)10-5-3-9(12)4-6-10/h3-6,8,11,13H,2,7H2,1H3. The van der Waals surface area contributed by atoms with E-state index in [1.807, 2.05) is 0 Å². The first-order valence-corrected chi connectivity index (χ1v) is 7.58. The molecule has 1 fully saturated rings. The molecular formula is C11H14BrNO2S. The first kappa shape index (κ1) is 12.1. The molecule has 1 aromatic carbocycles. The van der Waals surface area contributed by atoms with Gasteiger partial charge in [0.15, 0.2) is 0 Å². The normalized spacial score (nSPS) is 24.4. The van der Waals surface area contributed by atoms with Crippen LogP contribution in [0.15, 0.2) is 33.6 Å². The molecule has 1 N–H and O–H groups in total. The zero-order chi connectivity index (χ0) is 11.8. The van der Waals surface area contributed by atoms with E-state index in [2.05, 4.69) is 27.6 Å². The number of rotatable bonds is 4. The van der Waals surface area contributed by atoms with Crippen molar-refractivity contribution in [1.29, 1.82) is 0 Å². The third-order valence-electron chi connectivity index (χ3n) is 2.88. The highest BCUT2D eigenvalue weighted by Crippen LogP contribution is 2.34. The van der Waals surface area contributed by atoms with Crippen LogP contribution >= 0.6 is 15.9 Å². The van der Waals surface area contributed by atoms with Crippen molar-refractivity contribution in [3.8, 4) is 0 Å². The maximum absolute atomic E-state index is 11.9. The molecule has 0 radical (unpaired) electrons. The number of hydrogen-bond donors (Lipinski definition) is 1. The fraction of sp³-hybridized carbons (Fsp3) is 0.455. The van der Waals surface area contributed by atoms with E-state index in [9.17, 15) is 8.42 Å². The van der Waals surface area contributed by atoms with Crippen molar-refractivity contribution in [3.63, 3.8) is 0 Å². The lowest BCUT2D eigenvalue weighted by Crippen LogP contribution is -2.26. The lowest BCUT2D eigenvalue weighted by atomic mass is 10.3. The molecule has 1 aliphatic rings. The monoisotopic (exact) mass is 303 g/mol. The molecule has 0 heterocycles. The molecule has 0 aliphatic heterocycles. The molecule has 0 amide bonds. The Morgan fingerprint density at radius 2 is 2.00 bits per heavy atom. The molecule has 0 bridgehead atoms. The molecule has 16 heavy (non-hydrogen) atoms. The van der Waals surface area contributed by atoms with Crippen LogP contribution in [0.5, 0.6) is 0 Å². The Morgan fingerprint density at radius 1 is 1.38 bits per heavy atom. The second-order valence-electron chi connectivity index (χ2n) is 4.09. The van der Waals surface area contributed by atoms with Crippen LogP contribution in [0.2, 0.25) is 0 Å². The second kappa shape index (κ2) is 4.47. The SMILES string of the molecule is CCC1CC1NS(=O)(=O)c1ccc(Br)cc1. The van der Waals surface area contributed by atoms with E-state index in [4.69, 9.17) is 0 Å². The Kier molecular flexibility index (Phi) is 3.37. The van der Waals surface area contributed by atoms with Gasteiger partial charge >= 0.3 is 0 Å². The predicted octanol–water partition coefficient (Wildman–Crippen LogP) is 2.53. The van der Waals surface area contributed by atoms with E-state index in [1.54, 1.807) is 24.3 Å². The van der Waals surface area contributed by atoms with Crippen molar-refractivity contribution in [2.24, 2.45) is 5.92 Å². The number of hydrogen-bond acceptors (Lipinski definition) is 2. The first-order valence-electron chi connectivity index (χ1n) is 5.31. The van der Waals surface area contributed by atoms with Crippen molar-refractivity contribution < 1.29 is 8.42 Å². The summed E-state index contributed by atoms with van der Waals surface area (Å²) in [5, 5.41) is 0. The smallest absolute Gasteiger partial charge is 0.208 e. The summed E-state index contributed by atoms with van der Waals surface area (Å²) in [7, 11) is -3.33. The topological polar surface area (TPSA) is 46.2 Å². The molecule has 0 saturated heterocycles. The summed E-state index contributed by atoms with van der Waals surface area (Å²) >= 11 is 3.28. The summed E-state index contributed by atoms with van der Waals surface area (Å²) in [6, 6.07) is 6.82. The predicted molar refractivity (Wildman–Crippen MR) is 66.6 cm³/mol. The summed E-state index contributed by atoms with van der Waals surface area (Å²) in [6.07, 6.45) is 2.00. The maximum atomic E-state index is 11.9. The van der Waals surface area contributed by atoms with Gasteiger partial charge in [0, 0.05) is 10.5 Å². The quantitative estimate of drug-likeness (QED) is 0.929. The average Bonchev–Trinajstić information content (AvgIpc) is 2.96. The Morgan fingerprint density at radius 3 is 2.50 bits per heavy atom. The molecular weight excluding hydrogens is 290 g/mol. The first-order chi connectivity index (χ1) is 7.53. The lowest BCUT2D eigenvalue weighted by molar-refractivity contribution is 0.576. The van der Waals surface area contributed by atoms with Gasteiger partial charge in [-0.2, -0.15) is 0 Å². The van der Waals surface area contributed by atoms with Gasteiger partial charge in [-0.3, -0.25) is 0 Å². The minimum absolute atomic E-state index is 0.138. The second-order valence-corrected chi connectivity index (χ2v) is 6.72. The number of halogens is 1. The van der Waals surface area contributed by atoms with Crippen LogP contribution in [-0.2, 0) is 10.0 Å². The van der Waals surface area contributed by atoms with Crippen LogP contribution in [0.1, 0.15) is 19.8 Å². The van der Waals surface area contributed by atoms with Crippen molar-refractivity contribution in [2.45, 2.75) is 30.7 Å². The summed E-state index contributed by atoms with van der Waals surface area (Å²) in [5.74, 6) is 0.519. The zero-order valence-corrected chi connectivity index (χ0v) is 11.4. The third kappa shape index (κ3) is 2.64. The molecule has 88 valence electrons. The number of benzene rings is 1. The van der Waals surface area contributed by atoms with Gasteiger partial charge in [0.1, 0.15) is 0 Å². The van der Waals surface area contributed by atoms with Crippen molar-refractivity contribution in [1.82, 2.24) is 4.72 Å². The largest absolute Gasteiger partial charge is 0.240 e. The molecule has 0 spiro atoms. The third-order valence-corrected chi connectivity index (χ3v) is 4.91. The van der Waals surface area contributed by atoms with Crippen molar-refractivity contribution in [2.75, 3.05) is 0 Å². The molecule has 5 heteroatoms. The minimum Gasteiger partial charge on any atom is -0.208 e. The highest BCUT2D eigenvalue weighted by atomic mass is 79.9. The number of nitrogens with one attached hydrogen (secondary N) is 1. The van der Waals surface area contributed by atoms with E-state index >= 15 is 0 Å². The summed E-state index contributed by atoms with van der Waals surface area (Å²) in [5.41, 5.74) is 0. The van der Waals surface area contributed by atoms with Crippen LogP contribution in [0.3, 0.4) is 0 Å². The molecule has 1 aliphatic carbocycles. The van der Waals surface area contributed by atoms with E-state index in [-0.39, 0.29) is 6.04 Å².